The summed E-state index contributed by atoms with van der Waals surface area (Å²) >= 11 is 1.74. The first kappa shape index (κ1) is 20.0. The molecule has 5 nitrogen and oxygen atoms in total. The fraction of sp³-hybridized carbons (Fsp3) is 0.476. The molecule has 1 aliphatic heterocycles. The SMILES string of the molecule is C=C/C=C(\C=C)c1c[nH]c(C2CCC(NSN3CCOCC3)CC2)c1C#N. The first-order valence-electron chi connectivity index (χ1n) is 9.58. The van der Waals surface area contributed by atoms with E-state index < -0.39 is 0 Å². The summed E-state index contributed by atoms with van der Waals surface area (Å²) < 4.78 is 11.3. The molecule has 3 rings (SSSR count). The lowest BCUT2D eigenvalue weighted by molar-refractivity contribution is 0.0768. The Balaban J connectivity index is 1.58. The van der Waals surface area contributed by atoms with Gasteiger partial charge in [0.15, 0.2) is 0 Å². The van der Waals surface area contributed by atoms with Crippen LogP contribution < -0.4 is 4.72 Å². The van der Waals surface area contributed by atoms with Crippen LogP contribution in [0.2, 0.25) is 0 Å². The van der Waals surface area contributed by atoms with Gasteiger partial charge in [-0.2, -0.15) is 5.26 Å². The van der Waals surface area contributed by atoms with Crippen molar-refractivity contribution >= 4 is 17.7 Å². The number of allylic oxidation sites excluding steroid dienone is 4. The number of aromatic nitrogens is 1. The van der Waals surface area contributed by atoms with Gasteiger partial charge >= 0.3 is 0 Å². The van der Waals surface area contributed by atoms with Gasteiger partial charge in [-0.05, 0) is 31.3 Å². The number of ether oxygens (including phenoxy) is 1. The Hall–Kier alpha value is -1.78. The standard InChI is InChI=1S/C21H28N4OS/c1-3-5-16(4-2)20-15-23-21(19(20)14-22)17-6-8-18(9-7-17)24-27-25-10-12-26-13-11-25/h3-5,15,17-18,23-24H,1-2,6-13H2/b16-5+. The lowest BCUT2D eigenvalue weighted by Crippen LogP contribution is -2.37. The van der Waals surface area contributed by atoms with Crippen molar-refractivity contribution in [2.45, 2.75) is 37.6 Å². The zero-order chi connectivity index (χ0) is 19.1. The van der Waals surface area contributed by atoms with Crippen LogP contribution >= 0.6 is 12.1 Å². The van der Waals surface area contributed by atoms with Crippen molar-refractivity contribution in [3.63, 3.8) is 0 Å². The molecule has 2 heterocycles. The zero-order valence-electron chi connectivity index (χ0n) is 15.7. The number of nitrogens with one attached hydrogen (secondary N) is 2. The number of H-pyrrole nitrogens is 1. The van der Waals surface area contributed by atoms with Crippen LogP contribution in [0.15, 0.2) is 37.6 Å². The third-order valence-electron chi connectivity index (χ3n) is 5.30. The molecule has 1 aromatic rings. The third-order valence-corrected chi connectivity index (χ3v) is 6.37. The second-order valence-electron chi connectivity index (χ2n) is 6.96. The van der Waals surface area contributed by atoms with Gasteiger partial charge in [-0.15, -0.1) is 0 Å². The maximum absolute atomic E-state index is 9.72. The third kappa shape index (κ3) is 4.94. The molecule has 0 amide bonds. The van der Waals surface area contributed by atoms with Gasteiger partial charge in [0.25, 0.3) is 0 Å². The topological polar surface area (TPSA) is 64.1 Å². The van der Waals surface area contributed by atoms with Crippen molar-refractivity contribution in [3.8, 4) is 6.07 Å². The van der Waals surface area contributed by atoms with Crippen molar-refractivity contribution in [3.05, 3.63) is 54.4 Å². The molecule has 2 fully saturated rings. The molecule has 1 aliphatic carbocycles. The molecule has 1 saturated heterocycles. The molecule has 27 heavy (non-hydrogen) atoms. The van der Waals surface area contributed by atoms with Crippen LogP contribution in [-0.4, -0.2) is 41.6 Å². The highest BCUT2D eigenvalue weighted by molar-refractivity contribution is 7.95. The van der Waals surface area contributed by atoms with Gasteiger partial charge in [0.2, 0.25) is 0 Å². The van der Waals surface area contributed by atoms with Crippen LogP contribution in [0.25, 0.3) is 5.57 Å². The zero-order valence-corrected chi connectivity index (χ0v) is 16.6. The van der Waals surface area contributed by atoms with Gasteiger partial charge in [-0.1, -0.05) is 31.4 Å². The Bertz CT molecular complexity index is 719. The van der Waals surface area contributed by atoms with E-state index in [1.165, 1.54) is 0 Å². The van der Waals surface area contributed by atoms with Crippen LogP contribution in [0.5, 0.6) is 0 Å². The molecule has 0 bridgehead atoms. The average Bonchev–Trinajstić information content (AvgIpc) is 3.15. The van der Waals surface area contributed by atoms with E-state index in [2.05, 4.69) is 33.2 Å². The molecule has 144 valence electrons. The minimum Gasteiger partial charge on any atom is -0.379 e. The predicted molar refractivity (Wildman–Crippen MR) is 112 cm³/mol. The number of nitriles is 1. The van der Waals surface area contributed by atoms with E-state index in [9.17, 15) is 5.26 Å². The van der Waals surface area contributed by atoms with Gasteiger partial charge in [-0.3, -0.25) is 0 Å². The number of hydrogen-bond donors (Lipinski definition) is 2. The van der Waals surface area contributed by atoms with Crippen molar-refractivity contribution < 1.29 is 4.74 Å². The molecule has 1 saturated carbocycles. The molecule has 0 aromatic carbocycles. The van der Waals surface area contributed by atoms with Gasteiger partial charge in [0, 0.05) is 54.6 Å². The van der Waals surface area contributed by atoms with Crippen molar-refractivity contribution in [2.75, 3.05) is 26.3 Å². The van der Waals surface area contributed by atoms with E-state index in [1.54, 1.807) is 24.3 Å². The highest BCUT2D eigenvalue weighted by atomic mass is 32.2. The summed E-state index contributed by atoms with van der Waals surface area (Å²) in [7, 11) is 0. The second kappa shape index (κ2) is 9.95. The highest BCUT2D eigenvalue weighted by Crippen LogP contribution is 2.36. The van der Waals surface area contributed by atoms with Gasteiger partial charge in [0.05, 0.1) is 18.8 Å². The number of morpholine rings is 1. The van der Waals surface area contributed by atoms with E-state index in [0.29, 0.717) is 12.0 Å². The Morgan fingerprint density at radius 1 is 1.30 bits per heavy atom. The van der Waals surface area contributed by atoms with E-state index in [1.807, 2.05) is 12.3 Å². The van der Waals surface area contributed by atoms with Crippen LogP contribution in [0.1, 0.15) is 48.4 Å². The van der Waals surface area contributed by atoms with E-state index in [0.717, 1.165) is 74.4 Å². The summed E-state index contributed by atoms with van der Waals surface area (Å²) in [6, 6.07) is 2.93. The summed E-state index contributed by atoms with van der Waals surface area (Å²) in [5, 5.41) is 9.72. The normalized spacial score (nSPS) is 24.3. The van der Waals surface area contributed by atoms with Crippen LogP contribution in [-0.2, 0) is 4.74 Å². The number of aromatic amines is 1. The number of nitrogens with zero attached hydrogens (tertiary/aromatic N) is 2. The lowest BCUT2D eigenvalue weighted by Gasteiger charge is -2.31. The van der Waals surface area contributed by atoms with Crippen molar-refractivity contribution in [1.29, 1.82) is 5.26 Å². The van der Waals surface area contributed by atoms with Crippen LogP contribution in [0.3, 0.4) is 0 Å². The molecular weight excluding hydrogens is 356 g/mol. The smallest absolute Gasteiger partial charge is 0.102 e. The fourth-order valence-electron chi connectivity index (χ4n) is 3.79. The van der Waals surface area contributed by atoms with Crippen LogP contribution in [0, 0.1) is 11.3 Å². The molecule has 0 unspecified atom stereocenters. The lowest BCUT2D eigenvalue weighted by atomic mass is 9.83. The fourth-order valence-corrected chi connectivity index (χ4v) is 4.66. The molecule has 0 spiro atoms. The Kier molecular flexibility index (Phi) is 7.36. The highest BCUT2D eigenvalue weighted by Gasteiger charge is 2.27. The first-order chi connectivity index (χ1) is 13.3. The molecule has 1 aromatic heterocycles. The van der Waals surface area contributed by atoms with Gasteiger partial charge < -0.3 is 9.72 Å². The quantitative estimate of drug-likeness (QED) is 0.546. The Morgan fingerprint density at radius 2 is 2.04 bits per heavy atom. The molecular formula is C21H28N4OS. The summed E-state index contributed by atoms with van der Waals surface area (Å²) in [5.41, 5.74) is 3.68. The molecule has 2 N–H and O–H groups in total. The largest absolute Gasteiger partial charge is 0.379 e. The average molecular weight is 385 g/mol. The molecule has 2 aliphatic rings. The maximum atomic E-state index is 9.72. The van der Waals surface area contributed by atoms with Gasteiger partial charge in [0.1, 0.15) is 6.07 Å². The summed E-state index contributed by atoms with van der Waals surface area (Å²) in [6.07, 6.45) is 11.8. The van der Waals surface area contributed by atoms with E-state index in [-0.39, 0.29) is 0 Å². The molecule has 6 heteroatoms. The first-order valence-corrected chi connectivity index (χ1v) is 10.4. The maximum Gasteiger partial charge on any atom is 0.102 e. The summed E-state index contributed by atoms with van der Waals surface area (Å²) in [5.74, 6) is 0.412. The Morgan fingerprint density at radius 3 is 2.67 bits per heavy atom. The minimum absolute atomic E-state index is 0.412. The molecule has 0 radical (unpaired) electrons. The van der Waals surface area contributed by atoms with E-state index >= 15 is 0 Å². The second-order valence-corrected chi connectivity index (χ2v) is 7.90. The summed E-state index contributed by atoms with van der Waals surface area (Å²) in [6.45, 7) is 11.2. The van der Waals surface area contributed by atoms with Crippen LogP contribution in [0.4, 0.5) is 0 Å². The molecule has 0 atom stereocenters. The van der Waals surface area contributed by atoms with E-state index in [4.69, 9.17) is 4.74 Å². The number of rotatable bonds is 7. The monoisotopic (exact) mass is 384 g/mol. The van der Waals surface area contributed by atoms with Crippen molar-refractivity contribution in [1.82, 2.24) is 14.0 Å². The summed E-state index contributed by atoms with van der Waals surface area (Å²) in [4.78, 5) is 3.37. The number of hydrogen-bond acceptors (Lipinski definition) is 5. The van der Waals surface area contributed by atoms with Crippen molar-refractivity contribution in [2.24, 2.45) is 0 Å². The predicted octanol–water partition coefficient (Wildman–Crippen LogP) is 4.15. The minimum atomic E-state index is 0.412. The van der Waals surface area contributed by atoms with Gasteiger partial charge in [-0.25, -0.2) is 9.03 Å². The Labute approximate surface area is 166 Å².